The van der Waals surface area contributed by atoms with Crippen molar-refractivity contribution in [3.63, 3.8) is 0 Å². The van der Waals surface area contributed by atoms with E-state index in [0.29, 0.717) is 6.04 Å². The third-order valence-electron chi connectivity index (χ3n) is 4.04. The van der Waals surface area contributed by atoms with Crippen LogP contribution in [-0.4, -0.2) is 17.2 Å². The maximum absolute atomic E-state index is 12.9. The van der Waals surface area contributed by atoms with Crippen LogP contribution in [0, 0.1) is 5.82 Å². The van der Waals surface area contributed by atoms with Crippen molar-refractivity contribution in [2.45, 2.75) is 63.6 Å². The van der Waals surface area contributed by atoms with Gasteiger partial charge in [0.25, 0.3) is 0 Å². The Labute approximate surface area is 115 Å². The minimum Gasteiger partial charge on any atom is -0.387 e. The lowest BCUT2D eigenvalue weighted by Crippen LogP contribution is -2.39. The molecular formula is C16H24FNO. The van der Waals surface area contributed by atoms with Crippen molar-refractivity contribution in [2.75, 3.05) is 0 Å². The summed E-state index contributed by atoms with van der Waals surface area (Å²) in [5.41, 5.74) is 0.773. The number of hydrogen-bond acceptors (Lipinski definition) is 2. The summed E-state index contributed by atoms with van der Waals surface area (Å²) < 4.78 is 12.9. The molecule has 2 N–H and O–H groups in total. The first-order valence-electron chi connectivity index (χ1n) is 7.36. The average Bonchev–Trinajstić information content (AvgIpc) is 2.67. The molecule has 0 amide bonds. The Kier molecular flexibility index (Phi) is 5.34. The van der Waals surface area contributed by atoms with Crippen LogP contribution in [0.2, 0.25) is 0 Å². The van der Waals surface area contributed by atoms with Crippen LogP contribution in [0.25, 0.3) is 0 Å². The van der Waals surface area contributed by atoms with E-state index in [1.165, 1.54) is 50.7 Å². The lowest BCUT2D eigenvalue weighted by atomic mass is 10.0. The molecule has 2 atom stereocenters. The van der Waals surface area contributed by atoms with E-state index in [0.717, 1.165) is 5.56 Å². The molecule has 1 fully saturated rings. The zero-order valence-corrected chi connectivity index (χ0v) is 11.6. The summed E-state index contributed by atoms with van der Waals surface area (Å²) in [6, 6.07) is 6.62. The van der Waals surface area contributed by atoms with Crippen LogP contribution in [0.1, 0.15) is 57.1 Å². The van der Waals surface area contributed by atoms with Crippen molar-refractivity contribution in [3.05, 3.63) is 35.6 Å². The summed E-state index contributed by atoms with van der Waals surface area (Å²) in [6.45, 7) is 2.00. The SMILES string of the molecule is CC(NC1CCCCCC1)C(O)c1ccc(F)cc1. The molecule has 3 heteroatoms. The number of benzene rings is 1. The van der Waals surface area contributed by atoms with Crippen molar-refractivity contribution < 1.29 is 9.50 Å². The summed E-state index contributed by atoms with van der Waals surface area (Å²) in [5.74, 6) is -0.264. The molecule has 0 heterocycles. The topological polar surface area (TPSA) is 32.3 Å². The number of halogens is 1. The van der Waals surface area contributed by atoms with Gasteiger partial charge in [-0.1, -0.05) is 37.8 Å². The third kappa shape index (κ3) is 4.29. The highest BCUT2D eigenvalue weighted by Crippen LogP contribution is 2.21. The van der Waals surface area contributed by atoms with Crippen LogP contribution in [-0.2, 0) is 0 Å². The highest BCUT2D eigenvalue weighted by atomic mass is 19.1. The van der Waals surface area contributed by atoms with Gasteiger partial charge < -0.3 is 10.4 Å². The predicted molar refractivity (Wildman–Crippen MR) is 75.4 cm³/mol. The van der Waals surface area contributed by atoms with Gasteiger partial charge in [0.15, 0.2) is 0 Å². The van der Waals surface area contributed by atoms with Gasteiger partial charge in [-0.2, -0.15) is 0 Å². The van der Waals surface area contributed by atoms with E-state index in [4.69, 9.17) is 0 Å². The van der Waals surface area contributed by atoms with E-state index in [-0.39, 0.29) is 11.9 Å². The molecule has 1 aliphatic carbocycles. The van der Waals surface area contributed by atoms with Crippen LogP contribution in [0.15, 0.2) is 24.3 Å². The molecule has 0 aliphatic heterocycles. The van der Waals surface area contributed by atoms with Crippen LogP contribution >= 0.6 is 0 Å². The fraction of sp³-hybridized carbons (Fsp3) is 0.625. The number of aliphatic hydroxyl groups excluding tert-OH is 1. The zero-order valence-electron chi connectivity index (χ0n) is 11.6. The van der Waals surface area contributed by atoms with Gasteiger partial charge in [0.1, 0.15) is 5.82 Å². The van der Waals surface area contributed by atoms with Gasteiger partial charge in [-0.3, -0.25) is 0 Å². The minimum atomic E-state index is -0.580. The zero-order chi connectivity index (χ0) is 13.7. The molecule has 2 nitrogen and oxygen atoms in total. The lowest BCUT2D eigenvalue weighted by molar-refractivity contribution is 0.127. The Morgan fingerprint density at radius 3 is 2.26 bits per heavy atom. The van der Waals surface area contributed by atoms with Crippen LogP contribution in [0.3, 0.4) is 0 Å². The molecule has 0 spiro atoms. The Bertz CT molecular complexity index is 371. The second-order valence-corrected chi connectivity index (χ2v) is 5.64. The second kappa shape index (κ2) is 7.01. The summed E-state index contributed by atoms with van der Waals surface area (Å²) in [7, 11) is 0. The monoisotopic (exact) mass is 265 g/mol. The van der Waals surface area contributed by atoms with Crippen LogP contribution in [0.5, 0.6) is 0 Å². The number of hydrogen-bond donors (Lipinski definition) is 2. The van der Waals surface area contributed by atoms with E-state index < -0.39 is 6.10 Å². The van der Waals surface area contributed by atoms with Crippen LogP contribution < -0.4 is 5.32 Å². The first kappa shape index (κ1) is 14.5. The van der Waals surface area contributed by atoms with E-state index in [2.05, 4.69) is 5.32 Å². The minimum absolute atomic E-state index is 0.00596. The van der Waals surface area contributed by atoms with E-state index in [1.54, 1.807) is 12.1 Å². The van der Waals surface area contributed by atoms with Crippen molar-refractivity contribution in [1.29, 1.82) is 0 Å². The second-order valence-electron chi connectivity index (χ2n) is 5.64. The molecule has 1 aliphatic rings. The first-order chi connectivity index (χ1) is 9.16. The molecule has 19 heavy (non-hydrogen) atoms. The Morgan fingerprint density at radius 1 is 1.11 bits per heavy atom. The van der Waals surface area contributed by atoms with E-state index in [1.807, 2.05) is 6.92 Å². The lowest BCUT2D eigenvalue weighted by Gasteiger charge is -2.26. The Balaban J connectivity index is 1.90. The van der Waals surface area contributed by atoms with Gasteiger partial charge in [0.2, 0.25) is 0 Å². The molecule has 0 bridgehead atoms. The highest BCUT2D eigenvalue weighted by Gasteiger charge is 2.20. The molecule has 1 aromatic rings. The van der Waals surface area contributed by atoms with Gasteiger partial charge in [-0.25, -0.2) is 4.39 Å². The van der Waals surface area contributed by atoms with Gasteiger partial charge in [0.05, 0.1) is 6.10 Å². The fourth-order valence-corrected chi connectivity index (χ4v) is 2.86. The van der Waals surface area contributed by atoms with E-state index in [9.17, 15) is 9.50 Å². The van der Waals surface area contributed by atoms with Gasteiger partial charge in [-0.15, -0.1) is 0 Å². The quantitative estimate of drug-likeness (QED) is 0.816. The fourth-order valence-electron chi connectivity index (χ4n) is 2.86. The smallest absolute Gasteiger partial charge is 0.123 e. The molecule has 2 unspecified atom stereocenters. The Morgan fingerprint density at radius 2 is 1.68 bits per heavy atom. The summed E-state index contributed by atoms with van der Waals surface area (Å²) in [4.78, 5) is 0. The van der Waals surface area contributed by atoms with Crippen molar-refractivity contribution in [2.24, 2.45) is 0 Å². The summed E-state index contributed by atoms with van der Waals surface area (Å²) in [6.07, 6.45) is 7.01. The van der Waals surface area contributed by atoms with Crippen LogP contribution in [0.4, 0.5) is 4.39 Å². The third-order valence-corrected chi connectivity index (χ3v) is 4.04. The summed E-state index contributed by atoms with van der Waals surface area (Å²) in [5, 5.41) is 13.8. The standard InChI is InChI=1S/C16H24FNO/c1-12(18-15-6-4-2-3-5-7-15)16(19)13-8-10-14(17)11-9-13/h8-12,15-16,18-19H,2-7H2,1H3. The molecule has 2 rings (SSSR count). The van der Waals surface area contributed by atoms with Gasteiger partial charge >= 0.3 is 0 Å². The number of rotatable bonds is 4. The summed E-state index contributed by atoms with van der Waals surface area (Å²) >= 11 is 0. The molecule has 1 saturated carbocycles. The van der Waals surface area contributed by atoms with Crippen molar-refractivity contribution in [3.8, 4) is 0 Å². The average molecular weight is 265 g/mol. The largest absolute Gasteiger partial charge is 0.387 e. The van der Waals surface area contributed by atoms with Crippen molar-refractivity contribution >= 4 is 0 Å². The normalized spacial score (nSPS) is 20.8. The Hall–Kier alpha value is -0.930. The molecule has 106 valence electrons. The number of aliphatic hydroxyl groups is 1. The predicted octanol–water partition coefficient (Wildman–Crippen LogP) is 3.56. The van der Waals surface area contributed by atoms with Crippen molar-refractivity contribution in [1.82, 2.24) is 5.32 Å². The first-order valence-corrected chi connectivity index (χ1v) is 7.36. The maximum atomic E-state index is 12.9. The molecule has 0 aromatic heterocycles. The molecule has 0 radical (unpaired) electrons. The molecular weight excluding hydrogens is 241 g/mol. The van der Waals surface area contributed by atoms with E-state index >= 15 is 0 Å². The van der Waals surface area contributed by atoms with Gasteiger partial charge in [-0.05, 0) is 37.5 Å². The molecule has 0 saturated heterocycles. The van der Waals surface area contributed by atoms with Gasteiger partial charge in [0, 0.05) is 12.1 Å². The molecule has 1 aromatic carbocycles. The number of nitrogens with one attached hydrogen (secondary N) is 1. The highest BCUT2D eigenvalue weighted by molar-refractivity contribution is 5.19. The maximum Gasteiger partial charge on any atom is 0.123 e.